The van der Waals surface area contributed by atoms with Gasteiger partial charge in [0.05, 0.1) is 19.8 Å². The van der Waals surface area contributed by atoms with E-state index in [2.05, 4.69) is 15.6 Å². The molecule has 1 heterocycles. The van der Waals surface area contributed by atoms with Crippen LogP contribution in [0.5, 0.6) is 5.75 Å². The van der Waals surface area contributed by atoms with Gasteiger partial charge in [-0.05, 0) is 42.1 Å². The number of methoxy groups -OCH3 is 1. The van der Waals surface area contributed by atoms with Crippen LogP contribution in [0.3, 0.4) is 0 Å². The number of aliphatic hydroxyl groups excluding tert-OH is 2. The molecule has 3 aromatic rings. The lowest BCUT2D eigenvalue weighted by Crippen LogP contribution is -2.39. The molecule has 4 N–H and O–H groups in total. The number of aliphatic hydroxyl groups is 2. The molecule has 0 fully saturated rings. The van der Waals surface area contributed by atoms with Crippen molar-refractivity contribution in [1.29, 1.82) is 0 Å². The van der Waals surface area contributed by atoms with E-state index in [-0.39, 0.29) is 37.1 Å². The molecule has 2 aromatic carbocycles. The minimum Gasteiger partial charge on any atom is -0.497 e. The molecule has 2 unspecified atom stereocenters. The van der Waals surface area contributed by atoms with E-state index >= 15 is 0 Å². The van der Waals surface area contributed by atoms with Gasteiger partial charge >= 0.3 is 0 Å². The average molecular weight is 541 g/mol. The highest BCUT2D eigenvalue weighted by molar-refractivity contribution is 14.0. The van der Waals surface area contributed by atoms with Crippen LogP contribution in [0.1, 0.15) is 29.6 Å². The number of thiophene rings is 1. The lowest BCUT2D eigenvalue weighted by Gasteiger charge is -2.16. The van der Waals surface area contributed by atoms with Gasteiger partial charge in [0.1, 0.15) is 11.9 Å². The molecule has 1 aromatic heterocycles. The van der Waals surface area contributed by atoms with Gasteiger partial charge in [-0.2, -0.15) is 0 Å². The third-order valence-electron chi connectivity index (χ3n) is 4.48. The molecule has 0 radical (unpaired) electrons. The first-order valence-electron chi connectivity index (χ1n) is 9.61. The summed E-state index contributed by atoms with van der Waals surface area (Å²) in [5.74, 6) is 1.25. The fourth-order valence-corrected chi connectivity index (χ4v) is 3.98. The van der Waals surface area contributed by atoms with Crippen molar-refractivity contribution < 1.29 is 14.9 Å². The molecule has 30 heavy (non-hydrogen) atoms. The number of aliphatic imine (C=N–C) groups is 1. The largest absolute Gasteiger partial charge is 0.497 e. The van der Waals surface area contributed by atoms with Gasteiger partial charge in [0.2, 0.25) is 0 Å². The monoisotopic (exact) mass is 541 g/mol. The van der Waals surface area contributed by atoms with Gasteiger partial charge in [0, 0.05) is 22.7 Å². The van der Waals surface area contributed by atoms with Crippen molar-refractivity contribution in [3.8, 4) is 5.75 Å². The Balaban J connectivity index is 0.00000320. The molecule has 162 valence electrons. The number of ether oxygens (including phenoxy) is 1. The Morgan fingerprint density at radius 1 is 1.07 bits per heavy atom. The molecule has 2 atom stereocenters. The Hall–Kier alpha value is -1.88. The molecule has 8 heteroatoms. The molecule has 3 rings (SSSR count). The quantitative estimate of drug-likeness (QED) is 0.198. The highest BCUT2D eigenvalue weighted by Crippen LogP contribution is 2.29. The van der Waals surface area contributed by atoms with Crippen LogP contribution in [0, 0.1) is 0 Å². The second-order valence-corrected chi connectivity index (χ2v) is 7.71. The van der Waals surface area contributed by atoms with Crippen molar-refractivity contribution in [2.75, 3.05) is 26.7 Å². The van der Waals surface area contributed by atoms with Gasteiger partial charge in [0.15, 0.2) is 5.96 Å². The molecule has 0 bridgehead atoms. The SMILES string of the molecule is CCNC(=NCC(O)c1cc2ccccc2s1)NCC(O)c1cccc(OC)c1.I. The summed E-state index contributed by atoms with van der Waals surface area (Å²) >= 11 is 1.58. The Kier molecular flexibility index (Phi) is 9.83. The first-order valence-corrected chi connectivity index (χ1v) is 10.4. The number of benzene rings is 2. The molecule has 0 amide bonds. The first-order chi connectivity index (χ1) is 14.1. The van der Waals surface area contributed by atoms with Crippen LogP contribution >= 0.6 is 35.3 Å². The van der Waals surface area contributed by atoms with Crippen LogP contribution in [0.15, 0.2) is 59.6 Å². The molecular formula is C22H28IN3O3S. The van der Waals surface area contributed by atoms with Gasteiger partial charge in [0.25, 0.3) is 0 Å². The zero-order valence-corrected chi connectivity index (χ0v) is 20.2. The summed E-state index contributed by atoms with van der Waals surface area (Å²) < 4.78 is 6.35. The third kappa shape index (κ3) is 6.56. The number of fused-ring (bicyclic) bond motifs is 1. The van der Waals surface area contributed by atoms with E-state index in [9.17, 15) is 10.2 Å². The smallest absolute Gasteiger partial charge is 0.191 e. The summed E-state index contributed by atoms with van der Waals surface area (Å²) in [6, 6.07) is 17.4. The maximum absolute atomic E-state index is 10.5. The fraction of sp³-hybridized carbons (Fsp3) is 0.318. The van der Waals surface area contributed by atoms with E-state index in [1.807, 2.05) is 61.5 Å². The Labute approximate surface area is 198 Å². The molecule has 6 nitrogen and oxygen atoms in total. The fourth-order valence-electron chi connectivity index (χ4n) is 2.94. The minimum atomic E-state index is -0.707. The summed E-state index contributed by atoms with van der Waals surface area (Å²) in [5.41, 5.74) is 0.762. The van der Waals surface area contributed by atoms with Crippen molar-refractivity contribution >= 4 is 51.4 Å². The topological polar surface area (TPSA) is 86.1 Å². The number of halogens is 1. The molecule has 0 aliphatic rings. The van der Waals surface area contributed by atoms with E-state index in [1.165, 1.54) is 0 Å². The number of hydrogen-bond donors (Lipinski definition) is 4. The summed E-state index contributed by atoms with van der Waals surface area (Å²) in [6.45, 7) is 3.17. The van der Waals surface area contributed by atoms with Crippen LogP contribution in [0.2, 0.25) is 0 Å². The van der Waals surface area contributed by atoms with Crippen LogP contribution in [0.4, 0.5) is 0 Å². The van der Waals surface area contributed by atoms with E-state index in [1.54, 1.807) is 18.4 Å². The number of guanidine groups is 1. The van der Waals surface area contributed by atoms with Gasteiger partial charge in [-0.1, -0.05) is 30.3 Å². The summed E-state index contributed by atoms with van der Waals surface area (Å²) in [7, 11) is 1.60. The molecular weight excluding hydrogens is 513 g/mol. The number of nitrogens with zero attached hydrogens (tertiary/aromatic N) is 1. The van der Waals surface area contributed by atoms with Crippen molar-refractivity contribution in [2.24, 2.45) is 4.99 Å². The lowest BCUT2D eigenvalue weighted by molar-refractivity contribution is 0.180. The van der Waals surface area contributed by atoms with E-state index in [0.717, 1.165) is 20.5 Å². The van der Waals surface area contributed by atoms with Crippen LogP contribution < -0.4 is 15.4 Å². The summed E-state index contributed by atoms with van der Waals surface area (Å²) in [6.07, 6.45) is -1.38. The van der Waals surface area contributed by atoms with Crippen LogP contribution in [-0.4, -0.2) is 42.9 Å². The standard InChI is InChI=1S/C22H27N3O3S.HI/c1-3-23-22(24-13-18(26)15-8-6-9-17(11-15)28-2)25-14-19(27)21-12-16-7-4-5-10-20(16)29-21;/h4-12,18-19,26-27H,3,13-14H2,1-2H3,(H2,23,24,25);1H. The second-order valence-electron chi connectivity index (χ2n) is 6.60. The number of hydrogen-bond acceptors (Lipinski definition) is 5. The second kappa shape index (κ2) is 12.1. The van der Waals surface area contributed by atoms with Gasteiger partial charge in [-0.25, -0.2) is 0 Å². The zero-order chi connectivity index (χ0) is 20.6. The van der Waals surface area contributed by atoms with Gasteiger partial charge in [-0.15, -0.1) is 35.3 Å². The number of rotatable bonds is 8. The summed E-state index contributed by atoms with van der Waals surface area (Å²) in [4.78, 5) is 5.37. The number of nitrogens with one attached hydrogen (secondary N) is 2. The van der Waals surface area contributed by atoms with Crippen LogP contribution in [-0.2, 0) is 0 Å². The van der Waals surface area contributed by atoms with Crippen molar-refractivity contribution in [1.82, 2.24) is 10.6 Å². The van der Waals surface area contributed by atoms with Crippen molar-refractivity contribution in [3.05, 3.63) is 65.0 Å². The molecule has 0 aliphatic carbocycles. The lowest BCUT2D eigenvalue weighted by atomic mass is 10.1. The van der Waals surface area contributed by atoms with E-state index < -0.39 is 12.2 Å². The summed E-state index contributed by atoms with van der Waals surface area (Å²) in [5, 5.41) is 28.4. The third-order valence-corrected chi connectivity index (χ3v) is 5.70. The minimum absolute atomic E-state index is 0. The Morgan fingerprint density at radius 3 is 2.60 bits per heavy atom. The molecule has 0 aliphatic heterocycles. The highest BCUT2D eigenvalue weighted by atomic mass is 127. The van der Waals surface area contributed by atoms with Crippen molar-refractivity contribution in [3.63, 3.8) is 0 Å². The predicted molar refractivity (Wildman–Crippen MR) is 134 cm³/mol. The molecule has 0 spiro atoms. The van der Waals surface area contributed by atoms with Gasteiger partial charge < -0.3 is 25.6 Å². The maximum atomic E-state index is 10.5. The van der Waals surface area contributed by atoms with E-state index in [4.69, 9.17) is 4.74 Å². The Bertz CT molecular complexity index is 930. The highest BCUT2D eigenvalue weighted by Gasteiger charge is 2.13. The zero-order valence-electron chi connectivity index (χ0n) is 17.0. The van der Waals surface area contributed by atoms with E-state index in [0.29, 0.717) is 18.3 Å². The maximum Gasteiger partial charge on any atom is 0.191 e. The first kappa shape index (κ1) is 24.4. The normalized spacial score (nSPS) is 13.4. The Morgan fingerprint density at radius 2 is 1.87 bits per heavy atom. The van der Waals surface area contributed by atoms with Crippen LogP contribution in [0.25, 0.3) is 10.1 Å². The average Bonchev–Trinajstić information content (AvgIpc) is 3.19. The molecule has 0 saturated heterocycles. The molecule has 0 saturated carbocycles. The van der Waals surface area contributed by atoms with Gasteiger partial charge in [-0.3, -0.25) is 4.99 Å². The van der Waals surface area contributed by atoms with Crippen molar-refractivity contribution in [2.45, 2.75) is 19.1 Å². The predicted octanol–water partition coefficient (Wildman–Crippen LogP) is 3.85.